The molecule has 1 nitrogen and oxygen atoms in total. The summed E-state index contributed by atoms with van der Waals surface area (Å²) in [4.78, 5) is 0. The van der Waals surface area contributed by atoms with E-state index in [0.29, 0.717) is 0 Å². The number of fused-ring (bicyclic) bond motifs is 13. The first-order valence-corrected chi connectivity index (χ1v) is 17.4. The van der Waals surface area contributed by atoms with Gasteiger partial charge >= 0.3 is 0 Å². The Bertz CT molecular complexity index is 2730. The summed E-state index contributed by atoms with van der Waals surface area (Å²) in [6, 6.07) is 66.5. The van der Waals surface area contributed by atoms with Crippen LogP contribution in [-0.4, -0.2) is 0 Å². The average molecular weight is 635 g/mol. The predicted molar refractivity (Wildman–Crippen MR) is 207 cm³/mol. The van der Waals surface area contributed by atoms with Gasteiger partial charge in [-0.2, -0.15) is 0 Å². The van der Waals surface area contributed by atoms with Gasteiger partial charge in [-0.15, -0.1) is 0 Å². The lowest BCUT2D eigenvalue weighted by Gasteiger charge is -2.30. The highest BCUT2D eigenvalue weighted by atomic mass is 16.5. The highest BCUT2D eigenvalue weighted by Gasteiger charge is 2.51. The van der Waals surface area contributed by atoms with Gasteiger partial charge in [0.25, 0.3) is 0 Å². The van der Waals surface area contributed by atoms with Crippen LogP contribution in [0.3, 0.4) is 0 Å². The van der Waals surface area contributed by atoms with Crippen molar-refractivity contribution in [3.8, 4) is 44.9 Å². The summed E-state index contributed by atoms with van der Waals surface area (Å²) in [5.74, 6) is 1.75. The topological polar surface area (TPSA) is 9.23 Å². The van der Waals surface area contributed by atoms with E-state index < -0.39 is 5.41 Å². The van der Waals surface area contributed by atoms with E-state index in [2.05, 4.69) is 182 Å². The fraction of sp³-hybridized carbons (Fsp3) is 0.0204. The number of ether oxygens (including phenoxy) is 1. The normalized spacial score (nSPS) is 13.4. The first kappa shape index (κ1) is 27.5. The van der Waals surface area contributed by atoms with Crippen molar-refractivity contribution in [2.75, 3.05) is 0 Å². The van der Waals surface area contributed by atoms with Crippen molar-refractivity contribution in [1.29, 1.82) is 0 Å². The van der Waals surface area contributed by atoms with E-state index in [9.17, 15) is 0 Å². The molecule has 0 fully saturated rings. The minimum atomic E-state index is -0.391. The Hall–Kier alpha value is -6.44. The molecule has 50 heavy (non-hydrogen) atoms. The SMILES string of the molecule is c1ccc2c(c1)-c1ccccc1C21c2ccccc2-c2ccc(-c3c4ccccc4c(Oc4cccc5ccccc45)c4ccccc34)cc21. The average Bonchev–Trinajstić information content (AvgIpc) is 3.65. The summed E-state index contributed by atoms with van der Waals surface area (Å²) in [5, 5.41) is 6.83. The Kier molecular flexibility index (Phi) is 5.66. The van der Waals surface area contributed by atoms with Crippen LogP contribution in [0.4, 0.5) is 0 Å². The van der Waals surface area contributed by atoms with Crippen molar-refractivity contribution in [2.45, 2.75) is 5.41 Å². The molecule has 0 N–H and O–H groups in total. The summed E-state index contributed by atoms with van der Waals surface area (Å²) in [6.45, 7) is 0. The lowest BCUT2D eigenvalue weighted by atomic mass is 9.70. The molecule has 0 unspecified atom stereocenters. The van der Waals surface area contributed by atoms with Gasteiger partial charge in [0.15, 0.2) is 0 Å². The first-order chi connectivity index (χ1) is 24.8. The van der Waals surface area contributed by atoms with E-state index in [-0.39, 0.29) is 0 Å². The van der Waals surface area contributed by atoms with Crippen molar-refractivity contribution in [3.63, 3.8) is 0 Å². The van der Waals surface area contributed by atoms with Gasteiger partial charge in [0.1, 0.15) is 11.5 Å². The van der Waals surface area contributed by atoms with Crippen LogP contribution in [0.2, 0.25) is 0 Å². The molecule has 9 aromatic rings. The maximum atomic E-state index is 6.98. The Balaban J connectivity index is 1.20. The smallest absolute Gasteiger partial charge is 0.143 e. The van der Waals surface area contributed by atoms with Gasteiger partial charge in [-0.1, -0.05) is 170 Å². The van der Waals surface area contributed by atoms with Gasteiger partial charge in [0, 0.05) is 16.2 Å². The molecule has 1 spiro atoms. The van der Waals surface area contributed by atoms with Gasteiger partial charge in [-0.3, -0.25) is 0 Å². The molecule has 0 bridgehead atoms. The molecule has 11 rings (SSSR count). The Morgan fingerprint density at radius 3 is 1.40 bits per heavy atom. The molecule has 2 aliphatic rings. The van der Waals surface area contributed by atoms with Crippen LogP contribution < -0.4 is 4.74 Å². The van der Waals surface area contributed by atoms with Gasteiger partial charge in [0.05, 0.1) is 5.41 Å². The third-order valence-corrected chi connectivity index (χ3v) is 11.1. The van der Waals surface area contributed by atoms with Gasteiger partial charge < -0.3 is 4.74 Å². The molecule has 0 amide bonds. The van der Waals surface area contributed by atoms with Crippen molar-refractivity contribution in [3.05, 3.63) is 204 Å². The van der Waals surface area contributed by atoms with E-state index >= 15 is 0 Å². The third-order valence-electron chi connectivity index (χ3n) is 11.1. The zero-order valence-corrected chi connectivity index (χ0v) is 27.2. The molecule has 0 saturated carbocycles. The Labute approximate surface area is 290 Å². The lowest BCUT2D eigenvalue weighted by Crippen LogP contribution is -2.25. The van der Waals surface area contributed by atoms with Crippen LogP contribution in [0, 0.1) is 0 Å². The summed E-state index contributed by atoms with van der Waals surface area (Å²) in [6.07, 6.45) is 0. The molecule has 0 heterocycles. The Morgan fingerprint density at radius 1 is 0.340 bits per heavy atom. The van der Waals surface area contributed by atoms with E-state index in [4.69, 9.17) is 4.74 Å². The van der Waals surface area contributed by atoms with Crippen LogP contribution in [0.1, 0.15) is 22.3 Å². The molecule has 0 aromatic heterocycles. The molecular weight excluding hydrogens is 605 g/mol. The van der Waals surface area contributed by atoms with Gasteiger partial charge in [0.2, 0.25) is 0 Å². The van der Waals surface area contributed by atoms with Gasteiger partial charge in [-0.05, 0) is 83.9 Å². The second-order valence-corrected chi connectivity index (χ2v) is 13.5. The summed E-state index contributed by atoms with van der Waals surface area (Å²) in [7, 11) is 0. The molecule has 232 valence electrons. The fourth-order valence-corrected chi connectivity index (χ4v) is 9.15. The summed E-state index contributed by atoms with van der Waals surface area (Å²) >= 11 is 0. The minimum Gasteiger partial charge on any atom is -0.455 e. The molecule has 0 radical (unpaired) electrons. The zero-order valence-electron chi connectivity index (χ0n) is 27.2. The maximum Gasteiger partial charge on any atom is 0.143 e. The molecule has 0 aliphatic heterocycles. The van der Waals surface area contributed by atoms with Crippen LogP contribution >= 0.6 is 0 Å². The molecule has 1 heteroatoms. The molecule has 2 aliphatic carbocycles. The highest BCUT2D eigenvalue weighted by Crippen LogP contribution is 2.63. The van der Waals surface area contributed by atoms with Crippen LogP contribution in [0.5, 0.6) is 11.5 Å². The summed E-state index contributed by atoms with van der Waals surface area (Å²) < 4.78 is 6.98. The largest absolute Gasteiger partial charge is 0.455 e. The molecule has 9 aromatic carbocycles. The second-order valence-electron chi connectivity index (χ2n) is 13.5. The van der Waals surface area contributed by atoms with Crippen molar-refractivity contribution in [2.24, 2.45) is 0 Å². The molecule has 0 saturated heterocycles. The standard InChI is InChI=1S/C49H30O/c1-2-16-33-31(14-1)15-13-27-46(33)50-48-40-22-5-3-20-38(40)47(39-21-4-6-23-41(39)48)32-28-29-37-36-19-9-12-26-44(36)49(45(37)30-32)42-24-10-7-17-34(42)35-18-8-11-25-43(35)49/h1-30H. The molecule has 0 atom stereocenters. The van der Waals surface area contributed by atoms with Crippen LogP contribution in [-0.2, 0) is 5.41 Å². The summed E-state index contributed by atoms with van der Waals surface area (Å²) in [5.41, 5.74) is 12.7. The van der Waals surface area contributed by atoms with E-state index in [1.807, 2.05) is 0 Å². The minimum absolute atomic E-state index is 0.391. The highest BCUT2D eigenvalue weighted by molar-refractivity contribution is 6.17. The van der Waals surface area contributed by atoms with Crippen molar-refractivity contribution >= 4 is 32.3 Å². The molecular formula is C49H30O. The van der Waals surface area contributed by atoms with Crippen LogP contribution in [0.15, 0.2) is 182 Å². The number of hydrogen-bond acceptors (Lipinski definition) is 1. The second kappa shape index (κ2) is 10.3. The fourth-order valence-electron chi connectivity index (χ4n) is 9.15. The van der Waals surface area contributed by atoms with Crippen molar-refractivity contribution in [1.82, 2.24) is 0 Å². The first-order valence-electron chi connectivity index (χ1n) is 17.4. The number of hydrogen-bond donors (Lipinski definition) is 0. The van der Waals surface area contributed by atoms with Crippen molar-refractivity contribution < 1.29 is 4.74 Å². The monoisotopic (exact) mass is 634 g/mol. The quantitative estimate of drug-likeness (QED) is 0.176. The van der Waals surface area contributed by atoms with E-state index in [0.717, 1.165) is 27.7 Å². The third kappa shape index (κ3) is 3.56. The zero-order chi connectivity index (χ0) is 32.8. The van der Waals surface area contributed by atoms with Gasteiger partial charge in [-0.25, -0.2) is 0 Å². The number of rotatable bonds is 3. The van der Waals surface area contributed by atoms with E-state index in [1.54, 1.807) is 0 Å². The maximum absolute atomic E-state index is 6.98. The van der Waals surface area contributed by atoms with E-state index in [1.165, 1.54) is 71.8 Å². The lowest BCUT2D eigenvalue weighted by molar-refractivity contribution is 0.499. The Morgan fingerprint density at radius 2 is 0.800 bits per heavy atom. The predicted octanol–water partition coefficient (Wildman–Crippen LogP) is 12.9. The number of benzene rings is 9. The van der Waals surface area contributed by atoms with Crippen LogP contribution in [0.25, 0.3) is 65.7 Å².